The van der Waals surface area contributed by atoms with E-state index in [1.54, 1.807) is 31.2 Å². The van der Waals surface area contributed by atoms with E-state index in [9.17, 15) is 13.2 Å². The minimum atomic E-state index is -4.09. The summed E-state index contributed by atoms with van der Waals surface area (Å²) >= 11 is 6.94. The molecule has 2 aromatic heterocycles. The smallest absolute Gasteiger partial charge is 0.267 e. The average molecular weight is 471 g/mol. The lowest BCUT2D eigenvalue weighted by Gasteiger charge is -2.08. The number of aldehydes is 1. The predicted octanol–water partition coefficient (Wildman–Crippen LogP) is 3.41. The van der Waals surface area contributed by atoms with Crippen molar-refractivity contribution in [2.45, 2.75) is 25.3 Å². The molecule has 0 atom stereocenters. The van der Waals surface area contributed by atoms with E-state index in [2.05, 4.69) is 15.2 Å². The number of sulfonamides is 1. The molecule has 0 bridgehead atoms. The minimum absolute atomic E-state index is 0.0257. The van der Waals surface area contributed by atoms with E-state index < -0.39 is 15.9 Å². The van der Waals surface area contributed by atoms with Crippen LogP contribution >= 0.6 is 22.9 Å². The van der Waals surface area contributed by atoms with Gasteiger partial charge in [0, 0.05) is 12.2 Å². The predicted molar refractivity (Wildman–Crippen MR) is 115 cm³/mol. The van der Waals surface area contributed by atoms with Crippen LogP contribution in [0.3, 0.4) is 0 Å². The molecule has 12 heteroatoms. The minimum Gasteiger partial charge on any atom is -0.336 e. The quantitative estimate of drug-likeness (QED) is 0.468. The van der Waals surface area contributed by atoms with Crippen molar-refractivity contribution >= 4 is 56.7 Å². The van der Waals surface area contributed by atoms with Gasteiger partial charge in [0.25, 0.3) is 21.8 Å². The summed E-state index contributed by atoms with van der Waals surface area (Å²) in [4.78, 5) is 21.2. The monoisotopic (exact) mass is 470 g/mol. The standard InChI is InChI=1S/C16H15ClN4O4S2.C2H4O/c1-9-13(17)16(25-20-9)21-27(23,24)12-6-7-26-14(12)15(22)19-11-4-2-10(8-18)3-5-11;1-2-3/h2-7,21H,8,18H2,1H3,(H,19,22);2H,1H3. The van der Waals surface area contributed by atoms with Crippen LogP contribution in [-0.4, -0.2) is 25.8 Å². The first-order valence-electron chi connectivity index (χ1n) is 8.45. The summed E-state index contributed by atoms with van der Waals surface area (Å²) in [7, 11) is -4.09. The van der Waals surface area contributed by atoms with Gasteiger partial charge < -0.3 is 20.4 Å². The number of aromatic nitrogens is 1. The van der Waals surface area contributed by atoms with Crippen LogP contribution in [0.4, 0.5) is 11.6 Å². The molecule has 0 aliphatic rings. The maximum Gasteiger partial charge on any atom is 0.267 e. The molecule has 3 rings (SSSR count). The summed E-state index contributed by atoms with van der Waals surface area (Å²) < 4.78 is 32.4. The van der Waals surface area contributed by atoms with Crippen LogP contribution in [0.5, 0.6) is 0 Å². The molecule has 30 heavy (non-hydrogen) atoms. The molecular weight excluding hydrogens is 452 g/mol. The number of aryl methyl sites for hydroxylation is 1. The first-order valence-corrected chi connectivity index (χ1v) is 11.2. The SMILES string of the molecule is CC=O.Cc1noc(NS(=O)(=O)c2ccsc2C(=O)Nc2ccc(CN)cc2)c1Cl. The maximum absolute atomic E-state index is 12.6. The van der Waals surface area contributed by atoms with Crippen molar-refractivity contribution in [1.29, 1.82) is 0 Å². The molecule has 3 aromatic rings. The fourth-order valence-electron chi connectivity index (χ4n) is 2.19. The van der Waals surface area contributed by atoms with Crippen molar-refractivity contribution in [3.05, 3.63) is 56.9 Å². The lowest BCUT2D eigenvalue weighted by atomic mass is 10.2. The summed E-state index contributed by atoms with van der Waals surface area (Å²) in [6.45, 7) is 3.40. The van der Waals surface area contributed by atoms with Gasteiger partial charge in [0.2, 0.25) is 0 Å². The third-order valence-electron chi connectivity index (χ3n) is 3.59. The number of benzene rings is 1. The summed E-state index contributed by atoms with van der Waals surface area (Å²) in [6, 6.07) is 8.26. The van der Waals surface area contributed by atoms with E-state index in [0.717, 1.165) is 23.2 Å². The van der Waals surface area contributed by atoms with Gasteiger partial charge in [-0.25, -0.2) is 13.1 Å². The second kappa shape index (κ2) is 10.3. The summed E-state index contributed by atoms with van der Waals surface area (Å²) in [5.74, 6) is -0.755. The number of hydrogen-bond donors (Lipinski definition) is 3. The molecule has 0 radical (unpaired) electrons. The van der Waals surface area contributed by atoms with Crippen LogP contribution in [0.25, 0.3) is 0 Å². The van der Waals surface area contributed by atoms with Crippen molar-refractivity contribution in [3.63, 3.8) is 0 Å². The van der Waals surface area contributed by atoms with Crippen molar-refractivity contribution in [3.8, 4) is 0 Å². The van der Waals surface area contributed by atoms with Gasteiger partial charge in [0.05, 0.1) is 0 Å². The zero-order valence-electron chi connectivity index (χ0n) is 16.0. The average Bonchev–Trinajstić information content (AvgIpc) is 3.33. The van der Waals surface area contributed by atoms with Gasteiger partial charge in [-0.15, -0.1) is 11.3 Å². The number of rotatable bonds is 6. The van der Waals surface area contributed by atoms with Crippen molar-refractivity contribution in [2.75, 3.05) is 10.0 Å². The first kappa shape index (κ1) is 23.5. The lowest BCUT2D eigenvalue weighted by Crippen LogP contribution is -2.18. The van der Waals surface area contributed by atoms with E-state index in [4.69, 9.17) is 26.7 Å². The summed E-state index contributed by atoms with van der Waals surface area (Å²) in [6.07, 6.45) is 0.750. The van der Waals surface area contributed by atoms with E-state index in [0.29, 0.717) is 17.9 Å². The molecule has 0 spiro atoms. The second-order valence-electron chi connectivity index (χ2n) is 5.72. The Hall–Kier alpha value is -2.73. The van der Waals surface area contributed by atoms with Gasteiger partial charge in [-0.1, -0.05) is 28.9 Å². The van der Waals surface area contributed by atoms with Gasteiger partial charge in [0.1, 0.15) is 26.8 Å². The zero-order chi connectivity index (χ0) is 22.3. The number of hydrogen-bond acceptors (Lipinski definition) is 8. The van der Waals surface area contributed by atoms with Crippen LogP contribution in [0.1, 0.15) is 27.9 Å². The number of carbonyl (C=O) groups excluding carboxylic acids is 2. The van der Waals surface area contributed by atoms with Crippen molar-refractivity contribution < 1.29 is 22.5 Å². The summed E-state index contributed by atoms with van der Waals surface area (Å²) in [5.41, 5.74) is 7.32. The third kappa shape index (κ3) is 5.66. The number of nitrogens with two attached hydrogens (primary N) is 1. The molecule has 0 unspecified atom stereocenters. The number of anilines is 2. The highest BCUT2D eigenvalue weighted by Crippen LogP contribution is 2.30. The van der Waals surface area contributed by atoms with Gasteiger partial charge in [0.15, 0.2) is 0 Å². The number of amides is 1. The first-order chi connectivity index (χ1) is 14.2. The number of nitrogens with one attached hydrogen (secondary N) is 2. The van der Waals surface area contributed by atoms with Crippen LogP contribution in [0, 0.1) is 6.92 Å². The van der Waals surface area contributed by atoms with Gasteiger partial charge in [-0.05, 0) is 43.0 Å². The number of nitrogens with zero attached hydrogens (tertiary/aromatic N) is 1. The Balaban J connectivity index is 0.00000101. The highest BCUT2D eigenvalue weighted by molar-refractivity contribution is 7.93. The molecule has 160 valence electrons. The van der Waals surface area contributed by atoms with Crippen molar-refractivity contribution in [2.24, 2.45) is 5.73 Å². The van der Waals surface area contributed by atoms with E-state index >= 15 is 0 Å². The fraction of sp³-hybridized carbons (Fsp3) is 0.167. The Morgan fingerprint density at radius 1 is 1.30 bits per heavy atom. The normalized spacial score (nSPS) is 10.7. The highest BCUT2D eigenvalue weighted by atomic mass is 35.5. The Labute approximate surface area is 182 Å². The van der Waals surface area contributed by atoms with E-state index in [1.807, 2.05) is 0 Å². The maximum atomic E-state index is 12.6. The molecule has 1 amide bonds. The molecule has 0 aliphatic carbocycles. The molecule has 0 fully saturated rings. The molecule has 2 heterocycles. The largest absolute Gasteiger partial charge is 0.336 e. The van der Waals surface area contributed by atoms with Gasteiger partial charge >= 0.3 is 0 Å². The van der Waals surface area contributed by atoms with E-state index in [1.165, 1.54) is 18.4 Å². The van der Waals surface area contributed by atoms with Crippen LogP contribution in [-0.2, 0) is 21.4 Å². The molecule has 0 saturated heterocycles. The van der Waals surface area contributed by atoms with Gasteiger partial charge in [-0.3, -0.25) is 4.79 Å². The van der Waals surface area contributed by atoms with Crippen LogP contribution in [0.2, 0.25) is 5.02 Å². The summed E-state index contributed by atoms with van der Waals surface area (Å²) in [5, 5.41) is 7.82. The molecule has 9 nitrogen and oxygen atoms in total. The third-order valence-corrected chi connectivity index (χ3v) is 6.45. The molecule has 0 aliphatic heterocycles. The molecular formula is C18H19ClN4O5S2. The zero-order valence-corrected chi connectivity index (χ0v) is 18.4. The molecule has 4 N–H and O–H groups in total. The Morgan fingerprint density at radius 3 is 2.47 bits per heavy atom. The van der Waals surface area contributed by atoms with E-state index in [-0.39, 0.29) is 20.7 Å². The number of carbonyl (C=O) groups is 2. The highest BCUT2D eigenvalue weighted by Gasteiger charge is 2.27. The number of thiophene rings is 1. The van der Waals surface area contributed by atoms with Crippen LogP contribution in [0.15, 0.2) is 45.1 Å². The lowest BCUT2D eigenvalue weighted by molar-refractivity contribution is -0.106. The Morgan fingerprint density at radius 2 is 1.93 bits per heavy atom. The van der Waals surface area contributed by atoms with Gasteiger partial charge in [-0.2, -0.15) is 0 Å². The van der Waals surface area contributed by atoms with Crippen LogP contribution < -0.4 is 15.8 Å². The van der Waals surface area contributed by atoms with Crippen molar-refractivity contribution in [1.82, 2.24) is 5.16 Å². The Kier molecular flexibility index (Phi) is 8.12. The second-order valence-corrected chi connectivity index (χ2v) is 8.67. The molecule has 0 saturated carbocycles. The topological polar surface area (TPSA) is 144 Å². The fourth-order valence-corrected chi connectivity index (χ4v) is 4.68. The molecule has 1 aromatic carbocycles. The number of halogens is 1. The Bertz CT molecular complexity index is 1120.